The Morgan fingerprint density at radius 3 is 2.88 bits per heavy atom. The Bertz CT molecular complexity index is 664. The van der Waals surface area contributed by atoms with Crippen LogP contribution >= 0.6 is 15.9 Å². The average Bonchev–Trinajstić information content (AvgIpc) is 2.25. The SMILES string of the molecule is Cc1nc2ccc(Br)cc2c(=O)n1CC(=O)O. The van der Waals surface area contributed by atoms with E-state index in [1.54, 1.807) is 25.1 Å². The first kappa shape index (κ1) is 11.8. The van der Waals surface area contributed by atoms with Crippen molar-refractivity contribution in [1.29, 1.82) is 0 Å². The predicted octanol–water partition coefficient (Wildman–Crippen LogP) is 1.55. The van der Waals surface area contributed by atoms with Gasteiger partial charge in [0.1, 0.15) is 12.4 Å². The molecule has 0 aliphatic carbocycles. The first-order valence-electron chi connectivity index (χ1n) is 4.87. The number of rotatable bonds is 2. The van der Waals surface area contributed by atoms with Crippen molar-refractivity contribution in [3.63, 3.8) is 0 Å². The maximum Gasteiger partial charge on any atom is 0.323 e. The summed E-state index contributed by atoms with van der Waals surface area (Å²) in [4.78, 5) is 27.0. The van der Waals surface area contributed by atoms with Gasteiger partial charge in [-0.25, -0.2) is 4.98 Å². The van der Waals surface area contributed by atoms with Gasteiger partial charge in [0.05, 0.1) is 10.9 Å². The lowest BCUT2D eigenvalue weighted by molar-refractivity contribution is -0.137. The molecule has 0 bridgehead atoms. The lowest BCUT2D eigenvalue weighted by Gasteiger charge is -2.08. The number of aromatic nitrogens is 2. The second-order valence-electron chi connectivity index (χ2n) is 3.61. The Morgan fingerprint density at radius 1 is 1.53 bits per heavy atom. The molecule has 1 heterocycles. The van der Waals surface area contributed by atoms with Gasteiger partial charge in [0.25, 0.3) is 5.56 Å². The Hall–Kier alpha value is -1.69. The van der Waals surface area contributed by atoms with Gasteiger partial charge in [-0.15, -0.1) is 0 Å². The number of hydrogen-bond donors (Lipinski definition) is 1. The van der Waals surface area contributed by atoms with Gasteiger partial charge in [-0.3, -0.25) is 14.2 Å². The highest BCUT2D eigenvalue weighted by atomic mass is 79.9. The monoisotopic (exact) mass is 296 g/mol. The number of carbonyl (C=O) groups is 1. The Labute approximate surface area is 105 Å². The average molecular weight is 297 g/mol. The highest BCUT2D eigenvalue weighted by Gasteiger charge is 2.10. The highest BCUT2D eigenvalue weighted by Crippen LogP contribution is 2.15. The number of hydrogen-bond acceptors (Lipinski definition) is 3. The summed E-state index contributed by atoms with van der Waals surface area (Å²) < 4.78 is 1.91. The summed E-state index contributed by atoms with van der Waals surface area (Å²) in [6.45, 7) is 1.24. The van der Waals surface area contributed by atoms with E-state index in [0.29, 0.717) is 16.7 Å². The Morgan fingerprint density at radius 2 is 2.24 bits per heavy atom. The zero-order valence-electron chi connectivity index (χ0n) is 8.98. The first-order chi connectivity index (χ1) is 7.99. The van der Waals surface area contributed by atoms with Crippen molar-refractivity contribution >= 4 is 32.8 Å². The van der Waals surface area contributed by atoms with Crippen LogP contribution in [0.4, 0.5) is 0 Å². The van der Waals surface area contributed by atoms with Crippen LogP contribution in [-0.2, 0) is 11.3 Å². The molecule has 17 heavy (non-hydrogen) atoms. The largest absolute Gasteiger partial charge is 0.480 e. The fourth-order valence-corrected chi connectivity index (χ4v) is 1.99. The quantitative estimate of drug-likeness (QED) is 0.913. The summed E-state index contributed by atoms with van der Waals surface area (Å²) in [6.07, 6.45) is 0. The van der Waals surface area contributed by atoms with Gasteiger partial charge < -0.3 is 5.11 Å². The van der Waals surface area contributed by atoms with Crippen molar-refractivity contribution in [3.8, 4) is 0 Å². The molecule has 0 amide bonds. The van der Waals surface area contributed by atoms with Crippen LogP contribution in [0.2, 0.25) is 0 Å². The second-order valence-corrected chi connectivity index (χ2v) is 4.52. The van der Waals surface area contributed by atoms with E-state index >= 15 is 0 Å². The van der Waals surface area contributed by atoms with Crippen LogP contribution in [0.1, 0.15) is 5.82 Å². The van der Waals surface area contributed by atoms with Crippen molar-refractivity contribution in [2.75, 3.05) is 0 Å². The topological polar surface area (TPSA) is 72.2 Å². The number of halogens is 1. The first-order valence-corrected chi connectivity index (χ1v) is 5.67. The van der Waals surface area contributed by atoms with Gasteiger partial charge in [0.15, 0.2) is 0 Å². The number of carboxylic acid groups (broad SMARTS) is 1. The molecule has 0 fully saturated rings. The summed E-state index contributed by atoms with van der Waals surface area (Å²) in [6, 6.07) is 5.15. The van der Waals surface area contributed by atoms with Crippen molar-refractivity contribution in [1.82, 2.24) is 9.55 Å². The molecule has 88 valence electrons. The van der Waals surface area contributed by atoms with E-state index in [4.69, 9.17) is 5.11 Å². The fourth-order valence-electron chi connectivity index (χ4n) is 1.63. The molecular formula is C11H9BrN2O3. The van der Waals surface area contributed by atoms with Gasteiger partial charge in [0, 0.05) is 4.47 Å². The third-order valence-corrected chi connectivity index (χ3v) is 2.89. The normalized spacial score (nSPS) is 10.7. The molecule has 0 saturated carbocycles. The van der Waals surface area contributed by atoms with Gasteiger partial charge in [0.2, 0.25) is 0 Å². The van der Waals surface area contributed by atoms with E-state index < -0.39 is 5.97 Å². The number of carboxylic acids is 1. The van der Waals surface area contributed by atoms with Crippen molar-refractivity contribution in [2.45, 2.75) is 13.5 Å². The molecule has 0 atom stereocenters. The standard InChI is InChI=1S/C11H9BrN2O3/c1-6-13-9-3-2-7(12)4-8(9)11(17)14(6)5-10(15)16/h2-4H,5H2,1H3,(H,15,16). The molecule has 0 aliphatic heterocycles. The van der Waals surface area contributed by atoms with Gasteiger partial charge in [-0.2, -0.15) is 0 Å². The lowest BCUT2D eigenvalue weighted by Crippen LogP contribution is -2.27. The summed E-state index contributed by atoms with van der Waals surface area (Å²) in [5.74, 6) is -0.668. The fraction of sp³-hybridized carbons (Fsp3) is 0.182. The minimum atomic E-state index is -1.06. The lowest BCUT2D eigenvalue weighted by atomic mass is 10.2. The van der Waals surface area contributed by atoms with Crippen LogP contribution in [-0.4, -0.2) is 20.6 Å². The zero-order valence-corrected chi connectivity index (χ0v) is 10.6. The van der Waals surface area contributed by atoms with E-state index in [1.165, 1.54) is 0 Å². The van der Waals surface area contributed by atoms with E-state index in [0.717, 1.165) is 9.04 Å². The number of benzene rings is 1. The zero-order chi connectivity index (χ0) is 12.6. The number of aliphatic carboxylic acids is 1. The summed E-state index contributed by atoms with van der Waals surface area (Å²) in [5, 5.41) is 9.15. The van der Waals surface area contributed by atoms with E-state index in [-0.39, 0.29) is 12.1 Å². The molecule has 0 spiro atoms. The van der Waals surface area contributed by atoms with Crippen LogP contribution in [0.5, 0.6) is 0 Å². The maximum absolute atomic E-state index is 12.1. The number of fused-ring (bicyclic) bond motifs is 1. The number of nitrogens with zero attached hydrogens (tertiary/aromatic N) is 2. The molecule has 0 saturated heterocycles. The smallest absolute Gasteiger partial charge is 0.323 e. The van der Waals surface area contributed by atoms with Crippen molar-refractivity contribution in [3.05, 3.63) is 38.9 Å². The molecule has 0 aliphatic rings. The second kappa shape index (κ2) is 4.29. The van der Waals surface area contributed by atoms with E-state index in [9.17, 15) is 9.59 Å². The molecule has 1 N–H and O–H groups in total. The summed E-state index contributed by atoms with van der Waals surface area (Å²) in [5.41, 5.74) is 0.230. The molecule has 5 nitrogen and oxygen atoms in total. The molecular weight excluding hydrogens is 288 g/mol. The van der Waals surface area contributed by atoms with Crippen molar-refractivity contribution in [2.24, 2.45) is 0 Å². The van der Waals surface area contributed by atoms with Gasteiger partial charge in [-0.1, -0.05) is 15.9 Å². The minimum absolute atomic E-state index is 0.337. The predicted molar refractivity (Wildman–Crippen MR) is 66.1 cm³/mol. The highest BCUT2D eigenvalue weighted by molar-refractivity contribution is 9.10. The maximum atomic E-state index is 12.1. The molecule has 1 aromatic carbocycles. The van der Waals surface area contributed by atoms with E-state index in [2.05, 4.69) is 20.9 Å². The molecule has 0 radical (unpaired) electrons. The molecule has 2 rings (SSSR count). The van der Waals surface area contributed by atoms with Crippen LogP contribution < -0.4 is 5.56 Å². The number of aryl methyl sites for hydroxylation is 1. The third-order valence-electron chi connectivity index (χ3n) is 2.40. The van der Waals surface area contributed by atoms with Crippen LogP contribution in [0.15, 0.2) is 27.5 Å². The van der Waals surface area contributed by atoms with Crippen LogP contribution in [0.3, 0.4) is 0 Å². The molecule has 1 aromatic heterocycles. The van der Waals surface area contributed by atoms with Crippen molar-refractivity contribution < 1.29 is 9.90 Å². The minimum Gasteiger partial charge on any atom is -0.480 e. The van der Waals surface area contributed by atoms with Gasteiger partial charge in [-0.05, 0) is 25.1 Å². The molecule has 6 heteroatoms. The molecule has 2 aromatic rings. The Balaban J connectivity index is 2.78. The van der Waals surface area contributed by atoms with E-state index in [1.807, 2.05) is 0 Å². The third kappa shape index (κ3) is 2.21. The Kier molecular flexibility index (Phi) is 2.97. The molecule has 0 unspecified atom stereocenters. The summed E-state index contributed by atoms with van der Waals surface area (Å²) >= 11 is 3.27. The van der Waals surface area contributed by atoms with Gasteiger partial charge >= 0.3 is 5.97 Å². The van der Waals surface area contributed by atoms with Crippen LogP contribution in [0, 0.1) is 6.92 Å². The summed E-state index contributed by atoms with van der Waals surface area (Å²) in [7, 11) is 0. The van der Waals surface area contributed by atoms with Crippen LogP contribution in [0.25, 0.3) is 10.9 Å².